The van der Waals surface area contributed by atoms with Crippen molar-refractivity contribution in [2.75, 3.05) is 5.32 Å². The fourth-order valence-electron chi connectivity index (χ4n) is 3.81. The van der Waals surface area contributed by atoms with Crippen molar-refractivity contribution < 1.29 is 4.79 Å². The molecule has 2 N–H and O–H groups in total. The highest BCUT2D eigenvalue weighted by atomic mass is 16.2. The van der Waals surface area contributed by atoms with Crippen molar-refractivity contribution in [1.82, 2.24) is 15.1 Å². The Hall–Kier alpha value is -3.70. The lowest BCUT2D eigenvalue weighted by atomic mass is 10.0. The van der Waals surface area contributed by atoms with E-state index in [0.717, 1.165) is 39.5 Å². The van der Waals surface area contributed by atoms with Crippen molar-refractivity contribution in [3.05, 3.63) is 113 Å². The van der Waals surface area contributed by atoms with Crippen molar-refractivity contribution in [3.8, 4) is 5.69 Å². The van der Waals surface area contributed by atoms with Gasteiger partial charge in [-0.25, -0.2) is 4.68 Å². The van der Waals surface area contributed by atoms with E-state index in [2.05, 4.69) is 17.6 Å². The van der Waals surface area contributed by atoms with Crippen molar-refractivity contribution in [1.29, 1.82) is 0 Å². The molecule has 1 amide bonds. The molecule has 4 rings (SSSR count). The topological polar surface area (TPSA) is 59.0 Å². The molecule has 4 aromatic rings. The number of nitrogens with one attached hydrogen (secondary N) is 2. The molecule has 32 heavy (non-hydrogen) atoms. The van der Waals surface area contributed by atoms with Gasteiger partial charge >= 0.3 is 0 Å². The number of para-hydroxylation sites is 1. The number of hydrogen-bond donors (Lipinski definition) is 2. The number of carbonyl (C=O) groups is 1. The minimum atomic E-state index is -0.489. The zero-order chi connectivity index (χ0) is 22.5. The van der Waals surface area contributed by atoms with Crippen molar-refractivity contribution >= 4 is 11.6 Å². The quantitative estimate of drug-likeness (QED) is 0.425. The molecule has 0 bridgehead atoms. The molecule has 1 heterocycles. The van der Waals surface area contributed by atoms with Crippen molar-refractivity contribution in [2.45, 2.75) is 33.4 Å². The molecule has 1 atom stereocenters. The summed E-state index contributed by atoms with van der Waals surface area (Å²) in [6.45, 7) is 6.63. The summed E-state index contributed by atoms with van der Waals surface area (Å²) in [5, 5.41) is 11.2. The first-order valence-electron chi connectivity index (χ1n) is 10.8. The number of nitrogens with zero attached hydrogens (tertiary/aromatic N) is 2. The zero-order valence-electron chi connectivity index (χ0n) is 18.7. The monoisotopic (exact) mass is 424 g/mol. The number of carbonyl (C=O) groups excluding carboxylic acids is 1. The van der Waals surface area contributed by atoms with Gasteiger partial charge in [0.05, 0.1) is 11.4 Å². The van der Waals surface area contributed by atoms with Gasteiger partial charge in [0.1, 0.15) is 6.04 Å². The largest absolute Gasteiger partial charge is 0.324 e. The molecule has 0 aliphatic rings. The molecule has 1 aromatic heterocycles. The smallest absolute Gasteiger partial charge is 0.246 e. The number of benzene rings is 3. The molecule has 0 fully saturated rings. The average Bonchev–Trinajstić information content (AvgIpc) is 3.10. The molecule has 5 heteroatoms. The third-order valence-corrected chi connectivity index (χ3v) is 5.64. The summed E-state index contributed by atoms with van der Waals surface area (Å²) in [7, 11) is 0. The van der Waals surface area contributed by atoms with Crippen LogP contribution in [0.25, 0.3) is 5.69 Å². The Kier molecular flexibility index (Phi) is 6.47. The molecule has 0 radical (unpaired) electrons. The molecular weight excluding hydrogens is 396 g/mol. The Morgan fingerprint density at radius 2 is 1.50 bits per heavy atom. The molecule has 0 unspecified atom stereocenters. The summed E-state index contributed by atoms with van der Waals surface area (Å²) in [5.74, 6) is -0.0918. The van der Waals surface area contributed by atoms with Gasteiger partial charge in [-0.1, -0.05) is 66.2 Å². The first kappa shape index (κ1) is 21.5. The molecular formula is C27H28N4O. The van der Waals surface area contributed by atoms with Crippen LogP contribution in [0.3, 0.4) is 0 Å². The first-order chi connectivity index (χ1) is 15.5. The molecule has 0 aliphatic carbocycles. The van der Waals surface area contributed by atoms with Gasteiger partial charge in [0, 0.05) is 23.5 Å². The van der Waals surface area contributed by atoms with Crippen LogP contribution >= 0.6 is 0 Å². The summed E-state index contributed by atoms with van der Waals surface area (Å²) in [6.07, 6.45) is 0. The highest BCUT2D eigenvalue weighted by molar-refractivity contribution is 5.95. The number of rotatable bonds is 7. The van der Waals surface area contributed by atoms with E-state index < -0.39 is 6.04 Å². The van der Waals surface area contributed by atoms with Crippen LogP contribution in [0, 0.1) is 20.8 Å². The highest BCUT2D eigenvalue weighted by Gasteiger charge is 2.22. The number of anilines is 1. The summed E-state index contributed by atoms with van der Waals surface area (Å²) < 4.78 is 1.95. The van der Waals surface area contributed by atoms with Gasteiger partial charge in [-0.15, -0.1) is 0 Å². The minimum Gasteiger partial charge on any atom is -0.324 e. The summed E-state index contributed by atoms with van der Waals surface area (Å²) in [4.78, 5) is 13.2. The maximum atomic E-state index is 13.2. The van der Waals surface area contributed by atoms with Gasteiger partial charge in [-0.3, -0.25) is 10.1 Å². The van der Waals surface area contributed by atoms with Gasteiger partial charge < -0.3 is 5.32 Å². The fourth-order valence-corrected chi connectivity index (χ4v) is 3.81. The van der Waals surface area contributed by atoms with Crippen LogP contribution < -0.4 is 10.6 Å². The highest BCUT2D eigenvalue weighted by Crippen LogP contribution is 2.21. The van der Waals surface area contributed by atoms with E-state index in [9.17, 15) is 4.79 Å². The Morgan fingerprint density at radius 3 is 2.16 bits per heavy atom. The minimum absolute atomic E-state index is 0.0918. The number of aromatic nitrogens is 2. The normalized spacial score (nSPS) is 11.8. The van der Waals surface area contributed by atoms with E-state index in [1.165, 1.54) is 0 Å². The SMILES string of the molecule is Cc1ccc(NC(=O)[C@@H](NCc2c(C)nn(-c3ccccc3)c2C)c2ccccc2)cc1. The number of amides is 1. The Morgan fingerprint density at radius 1 is 0.875 bits per heavy atom. The molecule has 0 aliphatic heterocycles. The molecule has 0 spiro atoms. The summed E-state index contributed by atoms with van der Waals surface area (Å²) in [6, 6.07) is 27.2. The molecule has 0 saturated carbocycles. The molecule has 162 valence electrons. The average molecular weight is 425 g/mol. The maximum Gasteiger partial charge on any atom is 0.246 e. The fraction of sp³-hybridized carbons (Fsp3) is 0.185. The van der Waals surface area contributed by atoms with Crippen LogP contribution in [0.15, 0.2) is 84.9 Å². The number of aryl methyl sites for hydroxylation is 2. The predicted molar refractivity (Wildman–Crippen MR) is 129 cm³/mol. The van der Waals surface area contributed by atoms with Gasteiger partial charge in [0.25, 0.3) is 0 Å². The van der Waals surface area contributed by atoms with Crippen LogP contribution in [0.1, 0.15) is 34.1 Å². The van der Waals surface area contributed by atoms with Crippen molar-refractivity contribution in [3.63, 3.8) is 0 Å². The Bertz CT molecular complexity index is 1180. The lowest BCUT2D eigenvalue weighted by Gasteiger charge is -2.19. The van der Waals surface area contributed by atoms with Crippen LogP contribution in [-0.4, -0.2) is 15.7 Å². The van der Waals surface area contributed by atoms with E-state index in [1.54, 1.807) is 0 Å². The summed E-state index contributed by atoms with van der Waals surface area (Å²) >= 11 is 0. The molecule has 3 aromatic carbocycles. The summed E-state index contributed by atoms with van der Waals surface area (Å²) in [5.41, 5.74) is 6.99. The first-order valence-corrected chi connectivity index (χ1v) is 10.8. The van der Waals surface area contributed by atoms with Crippen LogP contribution in [0.5, 0.6) is 0 Å². The predicted octanol–water partition coefficient (Wildman–Crippen LogP) is 5.27. The third kappa shape index (κ3) is 4.79. The Balaban J connectivity index is 1.57. The van der Waals surface area contributed by atoms with E-state index in [1.807, 2.05) is 103 Å². The zero-order valence-corrected chi connectivity index (χ0v) is 18.7. The second kappa shape index (κ2) is 9.62. The second-order valence-electron chi connectivity index (χ2n) is 7.98. The lowest BCUT2D eigenvalue weighted by molar-refractivity contribution is -0.118. The van der Waals surface area contributed by atoms with Gasteiger partial charge in [-0.2, -0.15) is 5.10 Å². The van der Waals surface area contributed by atoms with Crippen LogP contribution in [-0.2, 0) is 11.3 Å². The van der Waals surface area contributed by atoms with Gasteiger partial charge in [0.15, 0.2) is 0 Å². The third-order valence-electron chi connectivity index (χ3n) is 5.64. The maximum absolute atomic E-state index is 13.2. The number of hydrogen-bond acceptors (Lipinski definition) is 3. The van der Waals surface area contributed by atoms with Crippen LogP contribution in [0.2, 0.25) is 0 Å². The molecule has 0 saturated heterocycles. The Labute approximate surface area is 189 Å². The van der Waals surface area contributed by atoms with Gasteiger partial charge in [-0.05, 0) is 50.6 Å². The molecule has 5 nitrogen and oxygen atoms in total. The van der Waals surface area contributed by atoms with Crippen LogP contribution in [0.4, 0.5) is 5.69 Å². The van der Waals surface area contributed by atoms with E-state index in [0.29, 0.717) is 6.54 Å². The van der Waals surface area contributed by atoms with Gasteiger partial charge in [0.2, 0.25) is 5.91 Å². The van der Waals surface area contributed by atoms with E-state index in [4.69, 9.17) is 5.10 Å². The lowest BCUT2D eigenvalue weighted by Crippen LogP contribution is -2.33. The van der Waals surface area contributed by atoms with E-state index in [-0.39, 0.29) is 5.91 Å². The second-order valence-corrected chi connectivity index (χ2v) is 7.98. The standard InChI is InChI=1S/C27H28N4O/c1-19-14-16-23(17-15-19)29-27(32)26(22-10-6-4-7-11-22)28-18-25-20(2)30-31(21(25)3)24-12-8-5-9-13-24/h4-17,26,28H,18H2,1-3H3,(H,29,32)/t26-/m0/s1. The van der Waals surface area contributed by atoms with E-state index >= 15 is 0 Å². The van der Waals surface area contributed by atoms with Crippen molar-refractivity contribution in [2.24, 2.45) is 0 Å².